The van der Waals surface area contributed by atoms with Gasteiger partial charge in [-0.1, -0.05) is 0 Å². The Morgan fingerprint density at radius 1 is 1.23 bits per heavy atom. The number of rotatable bonds is 2. The van der Waals surface area contributed by atoms with E-state index in [4.69, 9.17) is 5.73 Å². The van der Waals surface area contributed by atoms with Gasteiger partial charge < -0.3 is 5.73 Å². The SMILES string of the molecule is N#CC1=C(N)N(c2ccc(C(F)(F)F)cc2)C2=C(C(=O)CCC2)C1c1cc(Br)cs1. The topological polar surface area (TPSA) is 70.1 Å². The molecule has 2 heterocycles. The number of allylic oxidation sites excluding steroid dienone is 3. The van der Waals surface area contributed by atoms with Gasteiger partial charge in [0.25, 0.3) is 0 Å². The Bertz CT molecular complexity index is 1130. The van der Waals surface area contributed by atoms with Gasteiger partial charge in [-0.25, -0.2) is 0 Å². The average molecular weight is 494 g/mol. The normalized spacial score (nSPS) is 19.8. The molecule has 4 rings (SSSR count). The summed E-state index contributed by atoms with van der Waals surface area (Å²) in [6, 6.07) is 8.58. The van der Waals surface area contributed by atoms with Crippen LogP contribution in [0.5, 0.6) is 0 Å². The van der Waals surface area contributed by atoms with E-state index < -0.39 is 17.7 Å². The molecule has 0 amide bonds. The highest BCUT2D eigenvalue weighted by atomic mass is 79.9. The third-order valence-corrected chi connectivity index (χ3v) is 7.00. The zero-order chi connectivity index (χ0) is 21.6. The van der Waals surface area contributed by atoms with E-state index >= 15 is 0 Å². The first kappa shape index (κ1) is 20.7. The maximum Gasteiger partial charge on any atom is 0.416 e. The summed E-state index contributed by atoms with van der Waals surface area (Å²) >= 11 is 4.83. The van der Waals surface area contributed by atoms with Crippen molar-refractivity contribution in [2.45, 2.75) is 31.4 Å². The summed E-state index contributed by atoms with van der Waals surface area (Å²) in [6.45, 7) is 0. The van der Waals surface area contributed by atoms with Crippen LogP contribution in [0.25, 0.3) is 0 Å². The Morgan fingerprint density at radius 3 is 2.50 bits per heavy atom. The van der Waals surface area contributed by atoms with Crippen molar-refractivity contribution < 1.29 is 18.0 Å². The van der Waals surface area contributed by atoms with Crippen molar-refractivity contribution >= 4 is 38.7 Å². The van der Waals surface area contributed by atoms with Crippen molar-refractivity contribution in [1.29, 1.82) is 5.26 Å². The molecule has 0 spiro atoms. The number of carbonyl (C=O) groups excluding carboxylic acids is 1. The molecule has 1 aliphatic heterocycles. The van der Waals surface area contributed by atoms with Crippen molar-refractivity contribution in [3.8, 4) is 6.07 Å². The Morgan fingerprint density at radius 2 is 1.93 bits per heavy atom. The summed E-state index contributed by atoms with van der Waals surface area (Å²) in [5.41, 5.74) is 7.37. The van der Waals surface area contributed by atoms with Gasteiger partial charge in [-0.15, -0.1) is 11.3 Å². The van der Waals surface area contributed by atoms with Gasteiger partial charge in [0.15, 0.2) is 5.78 Å². The van der Waals surface area contributed by atoms with Crippen LogP contribution < -0.4 is 10.6 Å². The minimum atomic E-state index is -4.46. The molecule has 1 atom stereocenters. The molecule has 0 bridgehead atoms. The number of anilines is 1. The van der Waals surface area contributed by atoms with Gasteiger partial charge in [-0.3, -0.25) is 9.69 Å². The maximum absolute atomic E-state index is 13.0. The van der Waals surface area contributed by atoms with Crippen molar-refractivity contribution in [2.24, 2.45) is 5.73 Å². The van der Waals surface area contributed by atoms with Crippen molar-refractivity contribution in [1.82, 2.24) is 0 Å². The van der Waals surface area contributed by atoms with Crippen molar-refractivity contribution in [3.05, 3.63) is 73.3 Å². The molecule has 30 heavy (non-hydrogen) atoms. The van der Waals surface area contributed by atoms with E-state index in [2.05, 4.69) is 22.0 Å². The Hall–Kier alpha value is -2.57. The van der Waals surface area contributed by atoms with Crippen molar-refractivity contribution in [2.75, 3.05) is 4.90 Å². The van der Waals surface area contributed by atoms with Gasteiger partial charge in [0, 0.05) is 38.1 Å². The molecule has 1 aromatic carbocycles. The molecule has 0 radical (unpaired) electrons. The molecule has 2 aliphatic rings. The number of thiophene rings is 1. The first-order valence-corrected chi connectivity index (χ1v) is 10.8. The predicted octanol–water partition coefficient (Wildman–Crippen LogP) is 5.83. The minimum absolute atomic E-state index is 0.0667. The summed E-state index contributed by atoms with van der Waals surface area (Å²) in [5.74, 6) is -0.497. The summed E-state index contributed by atoms with van der Waals surface area (Å²) in [6.07, 6.45) is -2.93. The minimum Gasteiger partial charge on any atom is -0.384 e. The molecule has 154 valence electrons. The molecule has 1 aromatic heterocycles. The fourth-order valence-corrected chi connectivity index (χ4v) is 5.51. The monoisotopic (exact) mass is 493 g/mol. The summed E-state index contributed by atoms with van der Waals surface area (Å²) in [5, 5.41) is 11.8. The number of Topliss-reactive ketones (excluding diaryl/α,β-unsaturated/α-hetero) is 1. The fourth-order valence-electron chi connectivity index (χ4n) is 3.94. The van der Waals surface area contributed by atoms with E-state index in [9.17, 15) is 23.2 Å². The Labute approximate surface area is 183 Å². The van der Waals surface area contributed by atoms with E-state index in [-0.39, 0.29) is 17.2 Å². The molecule has 1 aliphatic carbocycles. The number of hydrogen-bond donors (Lipinski definition) is 1. The number of nitriles is 1. The number of carbonyl (C=O) groups is 1. The van der Waals surface area contributed by atoms with Crippen LogP contribution in [0.2, 0.25) is 0 Å². The zero-order valence-corrected chi connectivity index (χ0v) is 17.9. The van der Waals surface area contributed by atoms with Gasteiger partial charge >= 0.3 is 6.18 Å². The Kier molecular flexibility index (Phi) is 5.24. The predicted molar refractivity (Wildman–Crippen MR) is 111 cm³/mol. The van der Waals surface area contributed by atoms with Gasteiger partial charge in [0.05, 0.1) is 23.1 Å². The first-order chi connectivity index (χ1) is 14.2. The molecule has 9 heteroatoms. The summed E-state index contributed by atoms with van der Waals surface area (Å²) in [4.78, 5) is 15.3. The quantitative estimate of drug-likeness (QED) is 0.570. The number of halogens is 4. The second-order valence-electron chi connectivity index (χ2n) is 7.03. The number of ketones is 1. The lowest BCUT2D eigenvalue weighted by atomic mass is 9.78. The fraction of sp³-hybridized carbons (Fsp3) is 0.238. The third kappa shape index (κ3) is 3.44. The van der Waals surface area contributed by atoms with Crippen LogP contribution in [0, 0.1) is 11.3 Å². The van der Waals surface area contributed by atoms with Crippen LogP contribution in [0.3, 0.4) is 0 Å². The van der Waals surface area contributed by atoms with Crippen LogP contribution in [0.4, 0.5) is 18.9 Å². The lowest BCUT2D eigenvalue weighted by Gasteiger charge is -2.39. The van der Waals surface area contributed by atoms with Gasteiger partial charge in [0.1, 0.15) is 5.82 Å². The third-order valence-electron chi connectivity index (χ3n) is 5.24. The Balaban J connectivity index is 1.90. The largest absolute Gasteiger partial charge is 0.416 e. The highest BCUT2D eigenvalue weighted by Gasteiger charge is 2.41. The molecule has 0 fully saturated rings. The van der Waals surface area contributed by atoms with Crippen LogP contribution in [0.1, 0.15) is 35.6 Å². The number of hydrogen-bond acceptors (Lipinski definition) is 5. The van der Waals surface area contributed by atoms with Crippen molar-refractivity contribution in [3.63, 3.8) is 0 Å². The second kappa shape index (κ2) is 7.60. The molecular formula is C21H15BrF3N3OS. The molecular weight excluding hydrogens is 479 g/mol. The zero-order valence-electron chi connectivity index (χ0n) is 15.5. The molecule has 2 N–H and O–H groups in total. The van der Waals surface area contributed by atoms with E-state index in [0.717, 1.165) is 21.5 Å². The highest BCUT2D eigenvalue weighted by Crippen LogP contribution is 2.48. The van der Waals surface area contributed by atoms with Crippen LogP contribution in [-0.2, 0) is 11.0 Å². The molecule has 1 unspecified atom stereocenters. The van der Waals surface area contributed by atoms with Crippen LogP contribution >= 0.6 is 27.3 Å². The maximum atomic E-state index is 13.0. The second-order valence-corrected chi connectivity index (χ2v) is 8.89. The first-order valence-electron chi connectivity index (χ1n) is 9.09. The van der Waals surface area contributed by atoms with Gasteiger partial charge in [0.2, 0.25) is 0 Å². The summed E-state index contributed by atoms with van der Waals surface area (Å²) < 4.78 is 39.7. The molecule has 4 nitrogen and oxygen atoms in total. The van der Waals surface area contributed by atoms with E-state index in [0.29, 0.717) is 36.2 Å². The number of alkyl halides is 3. The van der Waals surface area contributed by atoms with Crippen LogP contribution in [0.15, 0.2) is 62.8 Å². The molecule has 2 aromatic rings. The standard InChI is InChI=1S/C21H15BrF3N3OS/c22-12-8-17(30-10-12)18-14(9-26)20(27)28(15-2-1-3-16(29)19(15)18)13-6-4-11(5-7-13)21(23,24)25/h4-8,10,18H,1-3,27H2. The lowest BCUT2D eigenvalue weighted by Crippen LogP contribution is -2.38. The number of benzene rings is 1. The van der Waals surface area contributed by atoms with Crippen LogP contribution in [-0.4, -0.2) is 5.78 Å². The van der Waals surface area contributed by atoms with E-state index in [1.807, 2.05) is 11.4 Å². The lowest BCUT2D eigenvalue weighted by molar-refractivity contribution is -0.137. The smallest absolute Gasteiger partial charge is 0.384 e. The number of nitrogens with zero attached hydrogens (tertiary/aromatic N) is 2. The summed E-state index contributed by atoms with van der Waals surface area (Å²) in [7, 11) is 0. The van der Waals surface area contributed by atoms with E-state index in [1.54, 1.807) is 4.90 Å². The average Bonchev–Trinajstić information content (AvgIpc) is 3.13. The van der Waals surface area contributed by atoms with E-state index in [1.165, 1.54) is 23.5 Å². The molecule has 0 saturated heterocycles. The number of nitrogens with two attached hydrogens (primary N) is 1. The van der Waals surface area contributed by atoms with Gasteiger partial charge in [-0.05, 0) is 59.1 Å². The highest BCUT2D eigenvalue weighted by molar-refractivity contribution is 9.10. The molecule has 0 saturated carbocycles. The van der Waals surface area contributed by atoms with Gasteiger partial charge in [-0.2, -0.15) is 18.4 Å².